The number of oxazole rings is 1. The molecule has 0 atom stereocenters. The van der Waals surface area contributed by atoms with Crippen molar-refractivity contribution in [2.24, 2.45) is 0 Å². The summed E-state index contributed by atoms with van der Waals surface area (Å²) in [5.74, 6) is 0.859. The average molecular weight is 203 g/mol. The fourth-order valence-corrected chi connectivity index (χ4v) is 1.48. The van der Waals surface area contributed by atoms with Crippen molar-refractivity contribution in [2.75, 3.05) is 7.11 Å². The maximum atomic E-state index is 5.43. The average Bonchev–Trinajstić information content (AvgIpc) is 2.73. The fraction of sp³-hybridized carbons (Fsp3) is 0.250. The van der Waals surface area contributed by atoms with E-state index in [0.717, 1.165) is 23.4 Å². The van der Waals surface area contributed by atoms with Crippen molar-refractivity contribution in [1.82, 2.24) is 4.98 Å². The number of methoxy groups -OCH3 is 1. The van der Waals surface area contributed by atoms with Crippen LogP contribution in [-0.2, 0) is 6.42 Å². The number of nitrogens with zero attached hydrogens (tertiary/aromatic N) is 1. The summed E-state index contributed by atoms with van der Waals surface area (Å²) in [6.07, 6.45) is 1.13. The highest BCUT2D eigenvalue weighted by atomic mass is 16.6. The lowest BCUT2D eigenvalue weighted by Gasteiger charge is -1.96. The zero-order chi connectivity index (χ0) is 10.7. The Morgan fingerprint density at radius 2 is 2.00 bits per heavy atom. The summed E-state index contributed by atoms with van der Waals surface area (Å²) in [5.41, 5.74) is 1.93. The molecule has 0 bridgehead atoms. The number of benzene rings is 1. The summed E-state index contributed by atoms with van der Waals surface area (Å²) in [6, 6.07) is 9.96. The molecule has 0 radical (unpaired) electrons. The molecule has 1 aromatic carbocycles. The molecule has 2 rings (SSSR count). The van der Waals surface area contributed by atoms with Gasteiger partial charge in [0.05, 0.1) is 7.11 Å². The molecule has 0 spiro atoms. The van der Waals surface area contributed by atoms with E-state index in [0.29, 0.717) is 6.08 Å². The Kier molecular flexibility index (Phi) is 2.72. The smallest absolute Gasteiger partial charge is 0.394 e. The normalized spacial score (nSPS) is 10.3. The first-order valence-corrected chi connectivity index (χ1v) is 4.94. The molecular weight excluding hydrogens is 190 g/mol. The molecule has 3 heteroatoms. The van der Waals surface area contributed by atoms with Crippen LogP contribution in [0.3, 0.4) is 0 Å². The third-order valence-corrected chi connectivity index (χ3v) is 2.22. The Labute approximate surface area is 88.7 Å². The number of rotatable bonds is 3. The van der Waals surface area contributed by atoms with Crippen LogP contribution in [0.15, 0.2) is 34.7 Å². The summed E-state index contributed by atoms with van der Waals surface area (Å²) in [7, 11) is 1.56. The molecule has 0 N–H and O–H groups in total. The van der Waals surface area contributed by atoms with E-state index in [1.807, 2.05) is 37.3 Å². The first kappa shape index (κ1) is 9.77. The largest absolute Gasteiger partial charge is 0.453 e. The first-order chi connectivity index (χ1) is 7.35. The predicted molar refractivity (Wildman–Crippen MR) is 57.9 cm³/mol. The van der Waals surface area contributed by atoms with Gasteiger partial charge in [-0.3, -0.25) is 0 Å². The van der Waals surface area contributed by atoms with Crippen LogP contribution in [0.1, 0.15) is 12.7 Å². The van der Waals surface area contributed by atoms with E-state index in [-0.39, 0.29) is 0 Å². The van der Waals surface area contributed by atoms with Gasteiger partial charge in [-0.1, -0.05) is 37.3 Å². The highest BCUT2D eigenvalue weighted by Crippen LogP contribution is 2.27. The van der Waals surface area contributed by atoms with Gasteiger partial charge in [-0.15, -0.1) is 0 Å². The molecule has 0 aliphatic carbocycles. The van der Waals surface area contributed by atoms with Gasteiger partial charge in [-0.05, 0) is 0 Å². The van der Waals surface area contributed by atoms with Crippen LogP contribution >= 0.6 is 0 Å². The molecule has 0 fully saturated rings. The minimum atomic E-state index is 0.325. The van der Waals surface area contributed by atoms with Gasteiger partial charge in [0.1, 0.15) is 11.5 Å². The second kappa shape index (κ2) is 4.17. The fourth-order valence-electron chi connectivity index (χ4n) is 1.48. The molecule has 0 saturated carbocycles. The molecule has 1 heterocycles. The lowest BCUT2D eigenvalue weighted by atomic mass is 10.1. The van der Waals surface area contributed by atoms with Crippen molar-refractivity contribution in [1.29, 1.82) is 0 Å². The number of ether oxygens (including phenoxy) is 1. The van der Waals surface area contributed by atoms with Crippen LogP contribution in [0.4, 0.5) is 0 Å². The van der Waals surface area contributed by atoms with Gasteiger partial charge in [0.25, 0.3) is 0 Å². The van der Waals surface area contributed by atoms with Gasteiger partial charge < -0.3 is 9.15 Å². The van der Waals surface area contributed by atoms with Crippen molar-refractivity contribution < 1.29 is 9.15 Å². The van der Waals surface area contributed by atoms with Crippen LogP contribution < -0.4 is 4.74 Å². The number of hydrogen-bond donors (Lipinski definition) is 0. The van der Waals surface area contributed by atoms with E-state index in [2.05, 4.69) is 4.98 Å². The number of aryl methyl sites for hydroxylation is 1. The maximum absolute atomic E-state index is 5.43. The van der Waals surface area contributed by atoms with E-state index in [1.54, 1.807) is 7.11 Å². The Balaban J connectivity index is 2.47. The van der Waals surface area contributed by atoms with Crippen molar-refractivity contribution in [3.8, 4) is 17.3 Å². The highest BCUT2D eigenvalue weighted by molar-refractivity contribution is 5.61. The molecular formula is C12H13NO2. The highest BCUT2D eigenvalue weighted by Gasteiger charge is 2.13. The Morgan fingerprint density at radius 1 is 1.27 bits per heavy atom. The quantitative estimate of drug-likeness (QED) is 0.769. The lowest BCUT2D eigenvalue weighted by molar-refractivity contribution is 0.281. The van der Waals surface area contributed by atoms with Crippen molar-refractivity contribution in [2.45, 2.75) is 13.3 Å². The summed E-state index contributed by atoms with van der Waals surface area (Å²) < 4.78 is 10.4. The van der Waals surface area contributed by atoms with E-state index in [1.165, 1.54) is 0 Å². The van der Waals surface area contributed by atoms with Gasteiger partial charge in [0.2, 0.25) is 0 Å². The second-order valence-corrected chi connectivity index (χ2v) is 3.18. The molecule has 0 aliphatic rings. The summed E-state index contributed by atoms with van der Waals surface area (Å²) in [6.45, 7) is 2.03. The monoisotopic (exact) mass is 203 g/mol. The van der Waals surface area contributed by atoms with Crippen LogP contribution in [0, 0.1) is 0 Å². The molecule has 1 aromatic heterocycles. The number of aromatic nitrogens is 1. The van der Waals surface area contributed by atoms with E-state index in [9.17, 15) is 0 Å². The minimum absolute atomic E-state index is 0.325. The molecule has 78 valence electrons. The third kappa shape index (κ3) is 1.86. The van der Waals surface area contributed by atoms with E-state index < -0.39 is 0 Å². The Morgan fingerprint density at radius 3 is 2.60 bits per heavy atom. The lowest BCUT2D eigenvalue weighted by Crippen LogP contribution is -1.84. The zero-order valence-corrected chi connectivity index (χ0v) is 8.86. The molecule has 2 aromatic rings. The third-order valence-electron chi connectivity index (χ3n) is 2.22. The predicted octanol–water partition coefficient (Wildman–Crippen LogP) is 2.91. The standard InChI is InChI=1S/C12H13NO2/c1-3-10-11(13-12(14-2)15-10)9-7-5-4-6-8-9/h4-8H,3H2,1-2H3. The van der Waals surface area contributed by atoms with Crippen LogP contribution in [0.5, 0.6) is 6.08 Å². The SMILES string of the molecule is CCc1oc(OC)nc1-c1ccccc1. The van der Waals surface area contributed by atoms with Gasteiger partial charge in [0.15, 0.2) is 0 Å². The molecule has 0 unspecified atom stereocenters. The Bertz CT molecular complexity index is 434. The van der Waals surface area contributed by atoms with Crippen LogP contribution in [-0.4, -0.2) is 12.1 Å². The van der Waals surface area contributed by atoms with Crippen LogP contribution in [0.2, 0.25) is 0 Å². The van der Waals surface area contributed by atoms with Crippen molar-refractivity contribution in [3.63, 3.8) is 0 Å². The first-order valence-electron chi connectivity index (χ1n) is 4.94. The summed E-state index contributed by atoms with van der Waals surface area (Å²) >= 11 is 0. The molecule has 0 aliphatic heterocycles. The molecule has 3 nitrogen and oxygen atoms in total. The topological polar surface area (TPSA) is 35.3 Å². The number of hydrogen-bond acceptors (Lipinski definition) is 3. The van der Waals surface area contributed by atoms with E-state index >= 15 is 0 Å². The van der Waals surface area contributed by atoms with Crippen molar-refractivity contribution in [3.05, 3.63) is 36.1 Å². The van der Waals surface area contributed by atoms with Crippen LogP contribution in [0.25, 0.3) is 11.3 Å². The summed E-state index contributed by atoms with van der Waals surface area (Å²) in [4.78, 5) is 4.28. The van der Waals surface area contributed by atoms with E-state index in [4.69, 9.17) is 9.15 Å². The zero-order valence-electron chi connectivity index (χ0n) is 8.86. The second-order valence-electron chi connectivity index (χ2n) is 3.18. The van der Waals surface area contributed by atoms with Crippen molar-refractivity contribution >= 4 is 0 Å². The molecule has 0 amide bonds. The van der Waals surface area contributed by atoms with Gasteiger partial charge in [0, 0.05) is 12.0 Å². The minimum Gasteiger partial charge on any atom is -0.453 e. The van der Waals surface area contributed by atoms with Gasteiger partial charge in [-0.2, -0.15) is 4.98 Å². The summed E-state index contributed by atoms with van der Waals surface area (Å²) in [5, 5.41) is 0. The molecule has 0 saturated heterocycles. The van der Waals surface area contributed by atoms with Gasteiger partial charge >= 0.3 is 6.08 Å². The Hall–Kier alpha value is -1.77. The maximum Gasteiger partial charge on any atom is 0.394 e. The van der Waals surface area contributed by atoms with Gasteiger partial charge in [-0.25, -0.2) is 0 Å². The molecule has 15 heavy (non-hydrogen) atoms.